The molecule has 0 radical (unpaired) electrons. The molecule has 1 aliphatic heterocycles. The largest absolute Gasteiger partial charge is 0.490 e. The highest BCUT2D eigenvalue weighted by Gasteiger charge is 2.15. The third-order valence-corrected chi connectivity index (χ3v) is 5.76. The van der Waals surface area contributed by atoms with Gasteiger partial charge in [0.15, 0.2) is 17.5 Å². The topological polar surface area (TPSA) is 67.8 Å². The Bertz CT molecular complexity index is 761. The molecule has 2 N–H and O–H groups in total. The Hall–Kier alpha value is -2.41. The molecule has 1 fully saturated rings. The molecule has 1 aromatic heterocycles. The normalized spacial score (nSPS) is 16.6. The van der Waals surface area contributed by atoms with Crippen LogP contribution in [0.1, 0.15) is 25.3 Å². The van der Waals surface area contributed by atoms with Gasteiger partial charge in [-0.1, -0.05) is 18.2 Å². The van der Waals surface area contributed by atoms with Crippen molar-refractivity contribution in [3.8, 4) is 17.4 Å². The van der Waals surface area contributed by atoms with Crippen molar-refractivity contribution in [3.63, 3.8) is 0 Å². The molecule has 1 saturated heterocycles. The second kappa shape index (κ2) is 10.8. The average Bonchev–Trinajstić information content (AvgIpc) is 3.25. The van der Waals surface area contributed by atoms with Gasteiger partial charge in [-0.2, -0.15) is 11.8 Å². The summed E-state index contributed by atoms with van der Waals surface area (Å²) in [5.74, 6) is 4.01. The van der Waals surface area contributed by atoms with Crippen LogP contribution in [0.25, 0.3) is 0 Å². The van der Waals surface area contributed by atoms with E-state index >= 15 is 0 Å². The molecular formula is C21H28N4O2S. The number of hydrogen-bond acceptors (Lipinski definition) is 5. The first-order valence-corrected chi connectivity index (χ1v) is 10.7. The van der Waals surface area contributed by atoms with Gasteiger partial charge in [0.2, 0.25) is 5.88 Å². The highest BCUT2D eigenvalue weighted by Crippen LogP contribution is 2.30. The van der Waals surface area contributed by atoms with Crippen LogP contribution >= 0.6 is 11.8 Å². The number of guanidine groups is 1. The van der Waals surface area contributed by atoms with Gasteiger partial charge >= 0.3 is 0 Å². The summed E-state index contributed by atoms with van der Waals surface area (Å²) >= 11 is 2.04. The van der Waals surface area contributed by atoms with E-state index in [0.29, 0.717) is 35.8 Å². The molecule has 0 bridgehead atoms. The number of nitrogens with one attached hydrogen (secondary N) is 2. The van der Waals surface area contributed by atoms with Gasteiger partial charge in [0.25, 0.3) is 0 Å². The van der Waals surface area contributed by atoms with Crippen LogP contribution in [0, 0.1) is 0 Å². The molecule has 3 rings (SSSR count). The van der Waals surface area contributed by atoms with Crippen LogP contribution in [0.4, 0.5) is 0 Å². The van der Waals surface area contributed by atoms with Crippen molar-refractivity contribution in [1.29, 1.82) is 0 Å². The summed E-state index contributed by atoms with van der Waals surface area (Å²) in [5.41, 5.74) is 1.06. The summed E-state index contributed by atoms with van der Waals surface area (Å²) in [4.78, 5) is 8.70. The summed E-state index contributed by atoms with van der Waals surface area (Å²) in [6.07, 6.45) is 4.41. The van der Waals surface area contributed by atoms with Crippen LogP contribution in [0.5, 0.6) is 17.4 Å². The van der Waals surface area contributed by atoms with E-state index in [9.17, 15) is 0 Å². The Kier molecular flexibility index (Phi) is 7.84. The van der Waals surface area contributed by atoms with Crippen molar-refractivity contribution < 1.29 is 9.47 Å². The number of hydrogen-bond donors (Lipinski definition) is 2. The number of aromatic nitrogens is 1. The van der Waals surface area contributed by atoms with E-state index in [-0.39, 0.29) is 0 Å². The maximum absolute atomic E-state index is 5.86. The van der Waals surface area contributed by atoms with Crippen LogP contribution in [0.15, 0.2) is 47.6 Å². The van der Waals surface area contributed by atoms with Gasteiger partial charge < -0.3 is 20.1 Å². The number of para-hydroxylation sites is 2. The standard InChI is InChI=1S/C21H28N4O2S/c1-3-26-18-8-4-5-9-19(18)27-20-11-10-16(13-23-20)14-24-21(22-2)25-15-17-7-6-12-28-17/h4-5,8-11,13,17H,3,6-7,12,14-15H2,1-2H3,(H2,22,24,25). The Morgan fingerprint density at radius 2 is 2.07 bits per heavy atom. The first-order chi connectivity index (χ1) is 13.8. The lowest BCUT2D eigenvalue weighted by Crippen LogP contribution is -2.39. The van der Waals surface area contributed by atoms with Crippen LogP contribution < -0.4 is 20.1 Å². The predicted molar refractivity (Wildman–Crippen MR) is 116 cm³/mol. The molecule has 28 heavy (non-hydrogen) atoms. The van der Waals surface area contributed by atoms with Gasteiger partial charge in [0.1, 0.15) is 0 Å². The fourth-order valence-corrected chi connectivity index (χ4v) is 4.12. The molecule has 0 amide bonds. The Morgan fingerprint density at radius 1 is 1.21 bits per heavy atom. The Morgan fingerprint density at radius 3 is 2.75 bits per heavy atom. The molecule has 2 heterocycles. The van der Waals surface area contributed by atoms with Crippen molar-refractivity contribution in [2.45, 2.75) is 31.6 Å². The quantitative estimate of drug-likeness (QED) is 0.518. The van der Waals surface area contributed by atoms with Gasteiger partial charge in [0, 0.05) is 37.7 Å². The number of rotatable bonds is 8. The summed E-state index contributed by atoms with van der Waals surface area (Å²) in [7, 11) is 1.79. The van der Waals surface area contributed by atoms with Crippen molar-refractivity contribution in [3.05, 3.63) is 48.2 Å². The highest BCUT2D eigenvalue weighted by molar-refractivity contribution is 8.00. The monoisotopic (exact) mass is 400 g/mol. The first-order valence-electron chi connectivity index (χ1n) is 9.69. The molecule has 7 heteroatoms. The second-order valence-corrected chi connectivity index (χ2v) is 7.84. The number of benzene rings is 1. The highest BCUT2D eigenvalue weighted by atomic mass is 32.2. The summed E-state index contributed by atoms with van der Waals surface area (Å²) in [6, 6.07) is 11.5. The van der Waals surface area contributed by atoms with Crippen LogP contribution in [-0.4, -0.2) is 42.1 Å². The van der Waals surface area contributed by atoms with E-state index in [1.54, 1.807) is 7.05 Å². The number of nitrogens with zero attached hydrogens (tertiary/aromatic N) is 2. The third-order valence-electron chi connectivity index (χ3n) is 4.37. The molecule has 150 valence electrons. The summed E-state index contributed by atoms with van der Waals surface area (Å²) in [6.45, 7) is 4.15. The first kappa shape index (κ1) is 20.3. The van der Waals surface area contributed by atoms with Gasteiger partial charge in [-0.15, -0.1) is 0 Å². The maximum Gasteiger partial charge on any atom is 0.219 e. The average molecular weight is 401 g/mol. The van der Waals surface area contributed by atoms with Gasteiger partial charge in [-0.05, 0) is 43.2 Å². The lowest BCUT2D eigenvalue weighted by Gasteiger charge is -2.15. The molecule has 1 atom stereocenters. The zero-order valence-corrected chi connectivity index (χ0v) is 17.3. The third kappa shape index (κ3) is 6.05. The smallest absolute Gasteiger partial charge is 0.219 e. The van der Waals surface area contributed by atoms with Crippen LogP contribution in [0.3, 0.4) is 0 Å². The Labute approximate surface area is 171 Å². The van der Waals surface area contributed by atoms with Crippen molar-refractivity contribution in [1.82, 2.24) is 15.6 Å². The molecule has 0 spiro atoms. The minimum Gasteiger partial charge on any atom is -0.490 e. The van der Waals surface area contributed by atoms with E-state index in [4.69, 9.17) is 9.47 Å². The van der Waals surface area contributed by atoms with Crippen molar-refractivity contribution in [2.75, 3.05) is 26.0 Å². The van der Waals surface area contributed by atoms with Gasteiger partial charge in [-0.25, -0.2) is 4.98 Å². The minimum absolute atomic E-state index is 0.539. The number of pyridine rings is 1. The predicted octanol–water partition coefficient (Wildman–Crippen LogP) is 3.83. The fraction of sp³-hybridized carbons (Fsp3) is 0.429. The number of thioether (sulfide) groups is 1. The van der Waals surface area contributed by atoms with E-state index in [0.717, 1.165) is 18.1 Å². The van der Waals surface area contributed by atoms with Gasteiger partial charge in [0.05, 0.1) is 6.61 Å². The second-order valence-electron chi connectivity index (χ2n) is 6.43. The molecule has 0 saturated carbocycles. The van der Waals surface area contributed by atoms with Crippen molar-refractivity contribution >= 4 is 17.7 Å². The molecule has 2 aromatic rings. The zero-order valence-electron chi connectivity index (χ0n) is 16.5. The number of ether oxygens (including phenoxy) is 2. The van der Waals surface area contributed by atoms with E-state index in [2.05, 4.69) is 20.6 Å². The van der Waals surface area contributed by atoms with Gasteiger partial charge in [-0.3, -0.25) is 4.99 Å². The molecular weight excluding hydrogens is 372 g/mol. The van der Waals surface area contributed by atoms with E-state index in [1.165, 1.54) is 18.6 Å². The molecule has 0 aliphatic carbocycles. The van der Waals surface area contributed by atoms with E-state index in [1.807, 2.05) is 61.3 Å². The maximum atomic E-state index is 5.86. The molecule has 1 aliphatic rings. The SMILES string of the molecule is CCOc1ccccc1Oc1ccc(CNC(=NC)NCC2CCCS2)cn1. The molecule has 6 nitrogen and oxygen atoms in total. The lowest BCUT2D eigenvalue weighted by atomic mass is 10.2. The molecule has 1 aromatic carbocycles. The minimum atomic E-state index is 0.539. The Balaban J connectivity index is 1.50. The summed E-state index contributed by atoms with van der Waals surface area (Å²) < 4.78 is 11.5. The number of aliphatic imine (C=N–C) groups is 1. The lowest BCUT2D eigenvalue weighted by molar-refractivity contribution is 0.319. The van der Waals surface area contributed by atoms with Crippen LogP contribution in [-0.2, 0) is 6.54 Å². The van der Waals surface area contributed by atoms with Crippen LogP contribution in [0.2, 0.25) is 0 Å². The molecule has 1 unspecified atom stereocenters. The fourth-order valence-electron chi connectivity index (χ4n) is 2.92. The van der Waals surface area contributed by atoms with Crippen molar-refractivity contribution in [2.24, 2.45) is 4.99 Å². The van der Waals surface area contributed by atoms with E-state index < -0.39 is 0 Å². The zero-order chi connectivity index (χ0) is 19.6. The summed E-state index contributed by atoms with van der Waals surface area (Å²) in [5, 5.41) is 7.43.